The van der Waals surface area contributed by atoms with Gasteiger partial charge in [0.15, 0.2) is 17.5 Å². The quantitative estimate of drug-likeness (QED) is 0.644. The minimum Gasteiger partial charge on any atom is -0.493 e. The van der Waals surface area contributed by atoms with Crippen molar-refractivity contribution in [1.82, 2.24) is 5.32 Å². The molecule has 2 aromatic carbocycles. The summed E-state index contributed by atoms with van der Waals surface area (Å²) in [5, 5.41) is 15.7. The molecule has 1 amide bonds. The van der Waals surface area contributed by atoms with Crippen LogP contribution in [0.3, 0.4) is 0 Å². The van der Waals surface area contributed by atoms with Gasteiger partial charge in [-0.3, -0.25) is 4.79 Å². The molecule has 2 aromatic rings. The van der Waals surface area contributed by atoms with Gasteiger partial charge in [-0.2, -0.15) is 0 Å². The van der Waals surface area contributed by atoms with Crippen molar-refractivity contribution in [3.05, 3.63) is 53.1 Å². The van der Waals surface area contributed by atoms with Crippen molar-refractivity contribution >= 4 is 17.6 Å². The van der Waals surface area contributed by atoms with Crippen molar-refractivity contribution in [2.24, 2.45) is 0 Å². The summed E-state index contributed by atoms with van der Waals surface area (Å²) in [6.07, 6.45) is 1.83. The van der Waals surface area contributed by atoms with E-state index in [0.717, 1.165) is 18.4 Å². The second-order valence-corrected chi connectivity index (χ2v) is 6.65. The number of carboxylic acids is 1. The lowest BCUT2D eigenvalue weighted by atomic mass is 10.00. The summed E-state index contributed by atoms with van der Waals surface area (Å²) in [6, 6.07) is 9.36. The molecule has 28 heavy (non-hydrogen) atoms. The van der Waals surface area contributed by atoms with E-state index in [1.165, 1.54) is 14.2 Å². The molecule has 1 heterocycles. The number of nitrogens with one attached hydrogen (secondary N) is 2. The first kappa shape index (κ1) is 19.5. The first-order chi connectivity index (χ1) is 13.5. The van der Waals surface area contributed by atoms with Crippen LogP contribution in [0.2, 0.25) is 0 Å². The number of ether oxygens (including phenoxy) is 2. The number of carbonyl (C=O) groups is 2. The Morgan fingerprint density at radius 3 is 2.57 bits per heavy atom. The van der Waals surface area contributed by atoms with Crippen LogP contribution in [0, 0.1) is 0 Å². The number of carbonyl (C=O) groups excluding carboxylic acids is 1. The third kappa shape index (κ3) is 3.74. The van der Waals surface area contributed by atoms with Crippen LogP contribution in [0.1, 0.15) is 53.3 Å². The topological polar surface area (TPSA) is 96.9 Å². The highest BCUT2D eigenvalue weighted by atomic mass is 16.5. The monoisotopic (exact) mass is 384 g/mol. The number of fused-ring (bicyclic) bond motifs is 1. The van der Waals surface area contributed by atoms with E-state index < -0.39 is 12.0 Å². The molecule has 0 aromatic heterocycles. The SMILES string of the molecule is CCCC1NC(=O)c2cc(NC(C(=O)O)c3ccc(OC)c(OC)c3)ccc21. The average molecular weight is 384 g/mol. The van der Waals surface area contributed by atoms with Gasteiger partial charge in [-0.25, -0.2) is 4.79 Å². The molecule has 1 aliphatic rings. The Morgan fingerprint density at radius 1 is 1.18 bits per heavy atom. The molecule has 0 radical (unpaired) electrons. The fourth-order valence-corrected chi connectivity index (χ4v) is 3.46. The predicted molar refractivity (Wildman–Crippen MR) is 105 cm³/mol. The average Bonchev–Trinajstić information content (AvgIpc) is 3.00. The summed E-state index contributed by atoms with van der Waals surface area (Å²) in [5.41, 5.74) is 2.61. The molecule has 0 aliphatic carbocycles. The van der Waals surface area contributed by atoms with Crippen molar-refractivity contribution in [3.8, 4) is 11.5 Å². The number of aliphatic carboxylic acids is 1. The summed E-state index contributed by atoms with van der Waals surface area (Å²) in [6.45, 7) is 2.07. The Morgan fingerprint density at radius 2 is 1.93 bits per heavy atom. The van der Waals surface area contributed by atoms with Crippen molar-refractivity contribution in [2.75, 3.05) is 19.5 Å². The fraction of sp³-hybridized carbons (Fsp3) is 0.333. The smallest absolute Gasteiger partial charge is 0.330 e. The number of anilines is 1. The molecule has 0 bridgehead atoms. The standard InChI is InChI=1S/C21H24N2O5/c1-4-5-16-14-8-7-13(11-15(14)20(24)23-16)22-19(21(25)26)12-6-9-17(27-2)18(10-12)28-3/h6-11,16,19,22H,4-5H2,1-3H3,(H,23,24)(H,25,26). The fourth-order valence-electron chi connectivity index (χ4n) is 3.46. The normalized spacial score (nSPS) is 16.1. The van der Waals surface area contributed by atoms with Crippen LogP contribution in [0.25, 0.3) is 0 Å². The van der Waals surface area contributed by atoms with E-state index in [1.807, 2.05) is 6.07 Å². The van der Waals surface area contributed by atoms with Gasteiger partial charge in [-0.15, -0.1) is 0 Å². The molecule has 3 rings (SSSR count). The summed E-state index contributed by atoms with van der Waals surface area (Å²) >= 11 is 0. The number of hydrogen-bond acceptors (Lipinski definition) is 5. The number of methoxy groups -OCH3 is 2. The summed E-state index contributed by atoms with van der Waals surface area (Å²) in [4.78, 5) is 24.1. The van der Waals surface area contributed by atoms with E-state index in [2.05, 4.69) is 17.6 Å². The van der Waals surface area contributed by atoms with Crippen LogP contribution >= 0.6 is 0 Å². The van der Waals surface area contributed by atoms with Gasteiger partial charge < -0.3 is 25.2 Å². The molecule has 7 nitrogen and oxygen atoms in total. The van der Waals surface area contributed by atoms with Crippen LogP contribution in [0.5, 0.6) is 11.5 Å². The van der Waals surface area contributed by atoms with Crippen LogP contribution < -0.4 is 20.1 Å². The molecule has 2 atom stereocenters. The van der Waals surface area contributed by atoms with Crippen LogP contribution in [-0.2, 0) is 4.79 Å². The zero-order chi connectivity index (χ0) is 20.3. The maximum absolute atomic E-state index is 12.3. The summed E-state index contributed by atoms with van der Waals surface area (Å²) < 4.78 is 10.5. The Balaban J connectivity index is 1.89. The van der Waals surface area contributed by atoms with E-state index in [0.29, 0.717) is 28.3 Å². The summed E-state index contributed by atoms with van der Waals surface area (Å²) in [5.74, 6) is -0.202. The largest absolute Gasteiger partial charge is 0.493 e. The second-order valence-electron chi connectivity index (χ2n) is 6.65. The first-order valence-corrected chi connectivity index (χ1v) is 9.14. The van der Waals surface area contributed by atoms with E-state index in [-0.39, 0.29) is 11.9 Å². The van der Waals surface area contributed by atoms with Gasteiger partial charge in [0.05, 0.1) is 20.3 Å². The molecule has 0 fully saturated rings. The highest BCUT2D eigenvalue weighted by molar-refractivity contribution is 6.00. The van der Waals surface area contributed by atoms with Crippen LogP contribution in [0.15, 0.2) is 36.4 Å². The Kier molecular flexibility index (Phi) is 5.73. The first-order valence-electron chi connectivity index (χ1n) is 9.14. The zero-order valence-corrected chi connectivity index (χ0v) is 16.1. The van der Waals surface area contributed by atoms with Gasteiger partial charge in [-0.1, -0.05) is 25.5 Å². The lowest BCUT2D eigenvalue weighted by Gasteiger charge is -2.18. The summed E-state index contributed by atoms with van der Waals surface area (Å²) in [7, 11) is 3.02. The molecule has 0 saturated heterocycles. The van der Waals surface area contributed by atoms with E-state index in [1.54, 1.807) is 30.3 Å². The van der Waals surface area contributed by atoms with E-state index in [9.17, 15) is 14.7 Å². The molecule has 7 heteroatoms. The van der Waals surface area contributed by atoms with Crippen molar-refractivity contribution in [1.29, 1.82) is 0 Å². The van der Waals surface area contributed by atoms with Gasteiger partial charge in [0.2, 0.25) is 0 Å². The number of amides is 1. The molecule has 1 aliphatic heterocycles. The minimum atomic E-state index is -1.04. The number of carboxylic acid groups (broad SMARTS) is 1. The van der Waals surface area contributed by atoms with Crippen LogP contribution in [0.4, 0.5) is 5.69 Å². The molecule has 0 saturated carbocycles. The maximum Gasteiger partial charge on any atom is 0.330 e. The Bertz CT molecular complexity index is 896. The van der Waals surface area contributed by atoms with E-state index in [4.69, 9.17) is 9.47 Å². The van der Waals surface area contributed by atoms with Gasteiger partial charge in [0, 0.05) is 11.3 Å². The highest BCUT2D eigenvalue weighted by Gasteiger charge is 2.29. The zero-order valence-electron chi connectivity index (χ0n) is 16.1. The lowest BCUT2D eigenvalue weighted by molar-refractivity contribution is -0.138. The van der Waals surface area contributed by atoms with Crippen LogP contribution in [-0.4, -0.2) is 31.2 Å². The van der Waals surface area contributed by atoms with Gasteiger partial charge in [0.25, 0.3) is 5.91 Å². The third-order valence-corrected chi connectivity index (χ3v) is 4.85. The predicted octanol–water partition coefficient (Wildman–Crippen LogP) is 3.53. The van der Waals surface area contributed by atoms with Gasteiger partial charge >= 0.3 is 5.97 Å². The van der Waals surface area contributed by atoms with Crippen molar-refractivity contribution in [2.45, 2.75) is 31.8 Å². The molecule has 3 N–H and O–H groups in total. The van der Waals surface area contributed by atoms with Crippen molar-refractivity contribution in [3.63, 3.8) is 0 Å². The number of rotatable bonds is 8. The van der Waals surface area contributed by atoms with Gasteiger partial charge in [-0.05, 0) is 41.8 Å². The Labute approximate surface area is 163 Å². The maximum atomic E-state index is 12.3. The molecular formula is C21H24N2O5. The molecule has 2 unspecified atom stereocenters. The highest BCUT2D eigenvalue weighted by Crippen LogP contribution is 2.34. The van der Waals surface area contributed by atoms with Crippen molar-refractivity contribution < 1.29 is 24.2 Å². The minimum absolute atomic E-state index is 0.0164. The molecule has 0 spiro atoms. The third-order valence-electron chi connectivity index (χ3n) is 4.85. The number of hydrogen-bond donors (Lipinski definition) is 3. The second kappa shape index (κ2) is 8.21. The Hall–Kier alpha value is -3.22. The molecular weight excluding hydrogens is 360 g/mol. The lowest BCUT2D eigenvalue weighted by Crippen LogP contribution is -2.21. The number of benzene rings is 2. The van der Waals surface area contributed by atoms with E-state index >= 15 is 0 Å². The molecule has 148 valence electrons. The van der Waals surface area contributed by atoms with Gasteiger partial charge in [0.1, 0.15) is 0 Å².